The van der Waals surface area contributed by atoms with Crippen LogP contribution in [-0.4, -0.2) is 48.4 Å². The second-order valence-electron chi connectivity index (χ2n) is 5.09. The highest BCUT2D eigenvalue weighted by atomic mass is 16.5. The number of anilines is 2. The first kappa shape index (κ1) is 14.0. The maximum Gasteiger partial charge on any atom is 0.131 e. The Hall–Kier alpha value is -1.40. The predicted octanol–water partition coefficient (Wildman–Crippen LogP) is 1.01. The van der Waals surface area contributed by atoms with Crippen LogP contribution in [-0.2, 0) is 4.74 Å². The summed E-state index contributed by atoms with van der Waals surface area (Å²) in [5.74, 6) is 2.47. The van der Waals surface area contributed by atoms with Gasteiger partial charge in [-0.2, -0.15) is 0 Å². The molecule has 1 aromatic rings. The number of hydrogen-bond acceptors (Lipinski definition) is 6. The molecule has 0 amide bonds. The van der Waals surface area contributed by atoms with Crippen molar-refractivity contribution in [1.82, 2.24) is 15.3 Å². The van der Waals surface area contributed by atoms with Gasteiger partial charge in [-0.15, -0.1) is 0 Å². The zero-order valence-electron chi connectivity index (χ0n) is 11.9. The average molecular weight is 265 g/mol. The van der Waals surface area contributed by atoms with Gasteiger partial charge in [0.25, 0.3) is 0 Å². The highest BCUT2D eigenvalue weighted by Gasteiger charge is 2.13. The van der Waals surface area contributed by atoms with Gasteiger partial charge in [-0.05, 0) is 20.8 Å². The summed E-state index contributed by atoms with van der Waals surface area (Å²) in [6.45, 7) is 9.34. The largest absolute Gasteiger partial charge is 0.378 e. The highest BCUT2D eigenvalue weighted by molar-refractivity contribution is 5.48. The lowest BCUT2D eigenvalue weighted by Gasteiger charge is -2.24. The normalized spacial score (nSPS) is 19.5. The van der Waals surface area contributed by atoms with Crippen LogP contribution in [0.5, 0.6) is 0 Å². The van der Waals surface area contributed by atoms with Crippen molar-refractivity contribution in [3.05, 3.63) is 11.9 Å². The third kappa shape index (κ3) is 4.65. The molecule has 19 heavy (non-hydrogen) atoms. The Labute approximate surface area is 114 Å². The summed E-state index contributed by atoms with van der Waals surface area (Å²) in [5.41, 5.74) is 0. The summed E-state index contributed by atoms with van der Waals surface area (Å²) in [6, 6.07) is 2.64. The molecule has 0 spiro atoms. The van der Waals surface area contributed by atoms with Gasteiger partial charge in [0, 0.05) is 31.2 Å². The Bertz CT molecular complexity index is 404. The van der Waals surface area contributed by atoms with E-state index < -0.39 is 0 Å². The maximum atomic E-state index is 5.42. The summed E-state index contributed by atoms with van der Waals surface area (Å²) in [5, 5.41) is 10.0. The summed E-state index contributed by atoms with van der Waals surface area (Å²) in [6.07, 6.45) is 0. The Balaban J connectivity index is 1.93. The number of nitrogens with zero attached hydrogens (tertiary/aromatic N) is 2. The van der Waals surface area contributed by atoms with Crippen molar-refractivity contribution in [3.63, 3.8) is 0 Å². The number of nitrogens with one attached hydrogen (secondary N) is 3. The first-order valence-electron chi connectivity index (χ1n) is 6.80. The van der Waals surface area contributed by atoms with Crippen LogP contribution in [0.15, 0.2) is 6.07 Å². The number of aryl methyl sites for hydroxylation is 1. The van der Waals surface area contributed by atoms with Gasteiger partial charge in [-0.1, -0.05) is 0 Å². The minimum absolute atomic E-state index is 0.338. The Morgan fingerprint density at radius 1 is 1.42 bits per heavy atom. The van der Waals surface area contributed by atoms with Gasteiger partial charge in [0.1, 0.15) is 17.5 Å². The second kappa shape index (κ2) is 6.68. The van der Waals surface area contributed by atoms with E-state index in [0.29, 0.717) is 12.1 Å². The monoisotopic (exact) mass is 265 g/mol. The molecular weight excluding hydrogens is 242 g/mol. The number of morpholine rings is 1. The van der Waals surface area contributed by atoms with Gasteiger partial charge >= 0.3 is 0 Å². The van der Waals surface area contributed by atoms with Gasteiger partial charge < -0.3 is 20.7 Å². The highest BCUT2D eigenvalue weighted by Crippen LogP contribution is 2.12. The van der Waals surface area contributed by atoms with Gasteiger partial charge in [0.15, 0.2) is 0 Å². The molecule has 1 saturated heterocycles. The summed E-state index contributed by atoms with van der Waals surface area (Å²) < 4.78 is 5.42. The maximum absolute atomic E-state index is 5.42. The molecule has 0 aromatic carbocycles. The van der Waals surface area contributed by atoms with E-state index in [-0.39, 0.29) is 0 Å². The molecule has 0 aliphatic carbocycles. The van der Waals surface area contributed by atoms with Crippen LogP contribution >= 0.6 is 0 Å². The van der Waals surface area contributed by atoms with Crippen LogP contribution in [0, 0.1) is 6.92 Å². The molecule has 1 aliphatic rings. The number of aromatic nitrogens is 2. The van der Waals surface area contributed by atoms with Crippen molar-refractivity contribution >= 4 is 11.6 Å². The molecule has 6 heteroatoms. The van der Waals surface area contributed by atoms with E-state index in [1.165, 1.54) is 0 Å². The lowest BCUT2D eigenvalue weighted by Crippen LogP contribution is -2.45. The molecule has 1 fully saturated rings. The third-order valence-electron chi connectivity index (χ3n) is 2.80. The molecule has 0 saturated carbocycles. The van der Waals surface area contributed by atoms with Crippen LogP contribution in [0.4, 0.5) is 11.6 Å². The second-order valence-corrected chi connectivity index (χ2v) is 5.09. The fourth-order valence-electron chi connectivity index (χ4n) is 2.01. The topological polar surface area (TPSA) is 71.1 Å². The van der Waals surface area contributed by atoms with E-state index in [4.69, 9.17) is 4.74 Å². The zero-order chi connectivity index (χ0) is 13.7. The zero-order valence-corrected chi connectivity index (χ0v) is 11.9. The molecule has 3 N–H and O–H groups in total. The Morgan fingerprint density at radius 3 is 2.89 bits per heavy atom. The lowest BCUT2D eigenvalue weighted by atomic mass is 10.3. The Morgan fingerprint density at radius 2 is 2.21 bits per heavy atom. The van der Waals surface area contributed by atoms with E-state index in [1.807, 2.05) is 13.0 Å². The van der Waals surface area contributed by atoms with Crippen LogP contribution in [0.1, 0.15) is 19.7 Å². The van der Waals surface area contributed by atoms with Crippen molar-refractivity contribution in [2.24, 2.45) is 0 Å². The molecule has 1 atom stereocenters. The molecule has 106 valence electrons. The first-order chi connectivity index (χ1) is 9.13. The average Bonchev–Trinajstić information content (AvgIpc) is 2.36. The molecular formula is C13H23N5O. The van der Waals surface area contributed by atoms with Crippen LogP contribution in [0.2, 0.25) is 0 Å². The molecule has 1 aliphatic heterocycles. The summed E-state index contributed by atoms with van der Waals surface area (Å²) in [4.78, 5) is 8.76. The van der Waals surface area contributed by atoms with E-state index in [0.717, 1.165) is 43.8 Å². The first-order valence-corrected chi connectivity index (χ1v) is 6.80. The standard InChI is InChI=1S/C13H23N5O/c1-9(2)16-13-6-12(17-10(3)18-13)15-7-11-8-19-5-4-14-11/h6,9,11,14H,4-5,7-8H2,1-3H3,(H2,15,16,17,18). The van der Waals surface area contributed by atoms with Crippen molar-refractivity contribution in [2.75, 3.05) is 36.9 Å². The molecule has 1 aromatic heterocycles. The van der Waals surface area contributed by atoms with Gasteiger partial charge in [0.05, 0.1) is 13.2 Å². The summed E-state index contributed by atoms with van der Waals surface area (Å²) in [7, 11) is 0. The SMILES string of the molecule is Cc1nc(NCC2COCCN2)cc(NC(C)C)n1. The van der Waals surface area contributed by atoms with Gasteiger partial charge in [-0.3, -0.25) is 0 Å². The van der Waals surface area contributed by atoms with Crippen LogP contribution < -0.4 is 16.0 Å². The van der Waals surface area contributed by atoms with E-state index >= 15 is 0 Å². The Kier molecular flexibility index (Phi) is 4.93. The number of ether oxygens (including phenoxy) is 1. The minimum atomic E-state index is 0.338. The third-order valence-corrected chi connectivity index (χ3v) is 2.80. The summed E-state index contributed by atoms with van der Waals surface area (Å²) >= 11 is 0. The molecule has 0 bridgehead atoms. The van der Waals surface area contributed by atoms with Crippen molar-refractivity contribution < 1.29 is 4.74 Å². The molecule has 0 radical (unpaired) electrons. The molecule has 6 nitrogen and oxygen atoms in total. The van der Waals surface area contributed by atoms with E-state index in [9.17, 15) is 0 Å². The van der Waals surface area contributed by atoms with Crippen LogP contribution in [0.3, 0.4) is 0 Å². The quantitative estimate of drug-likeness (QED) is 0.738. The fourth-order valence-corrected chi connectivity index (χ4v) is 2.01. The fraction of sp³-hybridized carbons (Fsp3) is 0.692. The van der Waals surface area contributed by atoms with E-state index in [2.05, 4.69) is 39.8 Å². The number of rotatable bonds is 5. The van der Waals surface area contributed by atoms with Crippen molar-refractivity contribution in [3.8, 4) is 0 Å². The molecule has 1 unspecified atom stereocenters. The molecule has 2 heterocycles. The van der Waals surface area contributed by atoms with Crippen molar-refractivity contribution in [1.29, 1.82) is 0 Å². The smallest absolute Gasteiger partial charge is 0.131 e. The van der Waals surface area contributed by atoms with Gasteiger partial charge in [0.2, 0.25) is 0 Å². The van der Waals surface area contributed by atoms with Gasteiger partial charge in [-0.25, -0.2) is 9.97 Å². The number of hydrogen-bond donors (Lipinski definition) is 3. The van der Waals surface area contributed by atoms with E-state index in [1.54, 1.807) is 0 Å². The van der Waals surface area contributed by atoms with Crippen LogP contribution in [0.25, 0.3) is 0 Å². The molecule has 2 rings (SSSR count). The lowest BCUT2D eigenvalue weighted by molar-refractivity contribution is 0.0806. The predicted molar refractivity (Wildman–Crippen MR) is 76.6 cm³/mol. The minimum Gasteiger partial charge on any atom is -0.378 e. The van der Waals surface area contributed by atoms with Crippen molar-refractivity contribution in [2.45, 2.75) is 32.9 Å².